The summed E-state index contributed by atoms with van der Waals surface area (Å²) in [5.41, 5.74) is -8.13. The van der Waals surface area contributed by atoms with Crippen LogP contribution in [0.25, 0.3) is 0 Å². The fourth-order valence-electron chi connectivity index (χ4n) is 4.80. The van der Waals surface area contributed by atoms with Gasteiger partial charge in [0.05, 0.1) is 5.41 Å². The Morgan fingerprint density at radius 1 is 1.00 bits per heavy atom. The molecular formula is C19H28F6O3. The molecular weight excluding hydrogens is 390 g/mol. The minimum Gasteiger partial charge on any atom is -0.459 e. The number of hydrogen-bond acceptors (Lipinski definition) is 3. The van der Waals surface area contributed by atoms with Crippen LogP contribution in [0.3, 0.4) is 0 Å². The minimum absolute atomic E-state index is 0.0282. The molecule has 2 aliphatic carbocycles. The third-order valence-electron chi connectivity index (χ3n) is 6.84. The summed E-state index contributed by atoms with van der Waals surface area (Å²) in [7, 11) is 0. The molecule has 2 fully saturated rings. The zero-order valence-electron chi connectivity index (χ0n) is 16.5. The van der Waals surface area contributed by atoms with Gasteiger partial charge < -0.3 is 9.84 Å². The number of carbonyl (C=O) groups excluding carboxylic acids is 1. The van der Waals surface area contributed by atoms with E-state index in [4.69, 9.17) is 4.74 Å². The predicted octanol–water partition coefficient (Wildman–Crippen LogP) is 5.41. The molecule has 0 spiro atoms. The van der Waals surface area contributed by atoms with E-state index >= 15 is 0 Å². The predicted molar refractivity (Wildman–Crippen MR) is 89.2 cm³/mol. The van der Waals surface area contributed by atoms with Crippen molar-refractivity contribution in [3.8, 4) is 0 Å². The lowest BCUT2D eigenvalue weighted by Crippen LogP contribution is -2.60. The first-order valence-electron chi connectivity index (χ1n) is 9.56. The van der Waals surface area contributed by atoms with Crippen molar-refractivity contribution >= 4 is 5.97 Å². The highest BCUT2D eigenvalue weighted by Gasteiger charge is 2.72. The average molecular weight is 418 g/mol. The van der Waals surface area contributed by atoms with Crippen molar-refractivity contribution < 1.29 is 41.0 Å². The smallest absolute Gasteiger partial charge is 0.426 e. The molecule has 0 saturated heterocycles. The Morgan fingerprint density at radius 2 is 1.54 bits per heavy atom. The second-order valence-electron chi connectivity index (χ2n) is 9.22. The van der Waals surface area contributed by atoms with Crippen molar-refractivity contribution in [3.63, 3.8) is 0 Å². The van der Waals surface area contributed by atoms with E-state index in [1.165, 1.54) is 6.92 Å². The van der Waals surface area contributed by atoms with Crippen molar-refractivity contribution in [1.29, 1.82) is 0 Å². The second-order valence-corrected chi connectivity index (χ2v) is 9.22. The monoisotopic (exact) mass is 418 g/mol. The minimum atomic E-state index is -5.97. The Hall–Kier alpha value is -0.990. The zero-order chi connectivity index (χ0) is 21.8. The van der Waals surface area contributed by atoms with E-state index in [1.807, 2.05) is 0 Å². The van der Waals surface area contributed by atoms with Crippen LogP contribution >= 0.6 is 0 Å². The van der Waals surface area contributed by atoms with Crippen LogP contribution in [0, 0.1) is 23.2 Å². The van der Waals surface area contributed by atoms with Crippen LogP contribution in [-0.4, -0.2) is 34.6 Å². The summed E-state index contributed by atoms with van der Waals surface area (Å²) in [5.74, 6) is -0.232. The highest BCUT2D eigenvalue weighted by Crippen LogP contribution is 2.54. The zero-order valence-corrected chi connectivity index (χ0v) is 16.5. The molecule has 0 aromatic heterocycles. The number of fused-ring (bicyclic) bond motifs is 2. The van der Waals surface area contributed by atoms with E-state index in [0.717, 1.165) is 32.6 Å². The Morgan fingerprint density at radius 3 is 1.89 bits per heavy atom. The van der Waals surface area contributed by atoms with Crippen molar-refractivity contribution in [2.24, 2.45) is 23.2 Å². The summed E-state index contributed by atoms with van der Waals surface area (Å²) in [6.07, 6.45) is -10.2. The number of hydrogen-bond donors (Lipinski definition) is 1. The molecule has 2 bridgehead atoms. The number of esters is 1. The van der Waals surface area contributed by atoms with Crippen LogP contribution < -0.4 is 0 Å². The molecule has 4 unspecified atom stereocenters. The maximum atomic E-state index is 13.1. The summed E-state index contributed by atoms with van der Waals surface area (Å²) >= 11 is 0. The molecule has 9 heteroatoms. The van der Waals surface area contributed by atoms with Crippen LogP contribution in [0.5, 0.6) is 0 Å². The normalized spacial score (nSPS) is 28.3. The van der Waals surface area contributed by atoms with Gasteiger partial charge in [-0.3, -0.25) is 4.79 Å². The van der Waals surface area contributed by atoms with E-state index in [2.05, 4.69) is 0 Å². The van der Waals surface area contributed by atoms with Gasteiger partial charge in [-0.15, -0.1) is 0 Å². The number of aliphatic hydroxyl groups is 1. The molecule has 28 heavy (non-hydrogen) atoms. The summed E-state index contributed by atoms with van der Waals surface area (Å²) in [6.45, 7) is 5.60. The number of rotatable bonds is 6. The molecule has 164 valence electrons. The Bertz CT molecular complexity index is 583. The molecule has 2 aliphatic rings. The van der Waals surface area contributed by atoms with Gasteiger partial charge in [0.15, 0.2) is 0 Å². The molecule has 0 amide bonds. The first-order valence-corrected chi connectivity index (χ1v) is 9.56. The Kier molecular flexibility index (Phi) is 5.87. The molecule has 1 N–H and O–H groups in total. The molecule has 2 saturated carbocycles. The molecule has 0 aromatic carbocycles. The van der Waals surface area contributed by atoms with Gasteiger partial charge >= 0.3 is 18.3 Å². The Balaban J connectivity index is 2.23. The summed E-state index contributed by atoms with van der Waals surface area (Å²) in [5, 5.41) is 9.54. The van der Waals surface area contributed by atoms with E-state index in [-0.39, 0.29) is 12.3 Å². The van der Waals surface area contributed by atoms with Gasteiger partial charge in [-0.1, -0.05) is 13.3 Å². The van der Waals surface area contributed by atoms with Crippen LogP contribution in [-0.2, 0) is 9.53 Å². The quantitative estimate of drug-likeness (QED) is 0.464. The number of alkyl halides is 6. The van der Waals surface area contributed by atoms with E-state index in [0.29, 0.717) is 11.8 Å². The topological polar surface area (TPSA) is 46.5 Å². The molecule has 0 radical (unpaired) electrons. The van der Waals surface area contributed by atoms with E-state index < -0.39 is 41.4 Å². The molecule has 3 nitrogen and oxygen atoms in total. The van der Waals surface area contributed by atoms with Gasteiger partial charge in [-0.25, -0.2) is 0 Å². The highest BCUT2D eigenvalue weighted by atomic mass is 19.4. The van der Waals surface area contributed by atoms with Crippen molar-refractivity contribution in [2.45, 2.75) is 89.8 Å². The highest BCUT2D eigenvalue weighted by molar-refractivity contribution is 5.77. The second kappa shape index (κ2) is 7.06. The van der Waals surface area contributed by atoms with E-state index in [9.17, 15) is 36.2 Å². The van der Waals surface area contributed by atoms with Gasteiger partial charge in [-0.05, 0) is 58.3 Å². The Labute approximate surface area is 160 Å². The van der Waals surface area contributed by atoms with Gasteiger partial charge in [0.2, 0.25) is 0 Å². The van der Waals surface area contributed by atoms with Gasteiger partial charge in [0.25, 0.3) is 5.60 Å². The largest absolute Gasteiger partial charge is 0.459 e. The standard InChI is InChI=1S/C19H28F6O3/c1-5-16(4,10-17(27,18(20,21)22)19(23,24)25)14(26)28-15(2,3)13-9-11-6-7-12(13)8-11/h11-13,27H,5-10H2,1-4H3. The third-order valence-corrected chi connectivity index (χ3v) is 6.84. The van der Waals surface area contributed by atoms with Gasteiger partial charge in [0.1, 0.15) is 5.60 Å². The molecule has 0 heterocycles. The fourth-order valence-corrected chi connectivity index (χ4v) is 4.80. The van der Waals surface area contributed by atoms with Crippen LogP contribution in [0.15, 0.2) is 0 Å². The summed E-state index contributed by atoms with van der Waals surface area (Å²) in [6, 6.07) is 0. The SMILES string of the molecule is CCC(C)(CC(O)(C(F)(F)F)C(F)(F)F)C(=O)OC(C)(C)C1CC2CCC1C2. The first kappa shape index (κ1) is 23.3. The lowest BCUT2D eigenvalue weighted by molar-refractivity contribution is -0.375. The number of halogens is 6. The van der Waals surface area contributed by atoms with Gasteiger partial charge in [-0.2, -0.15) is 26.3 Å². The average Bonchev–Trinajstić information content (AvgIpc) is 3.15. The van der Waals surface area contributed by atoms with E-state index in [1.54, 1.807) is 13.8 Å². The molecule has 0 aromatic rings. The van der Waals surface area contributed by atoms with Crippen molar-refractivity contribution in [1.82, 2.24) is 0 Å². The number of carbonyl (C=O) groups is 1. The van der Waals surface area contributed by atoms with Crippen LogP contribution in [0.2, 0.25) is 0 Å². The first-order chi connectivity index (χ1) is 12.5. The van der Waals surface area contributed by atoms with Gasteiger partial charge in [0, 0.05) is 12.3 Å². The molecule has 2 rings (SSSR count). The summed E-state index contributed by atoms with van der Waals surface area (Å²) in [4.78, 5) is 12.7. The fraction of sp³-hybridized carbons (Fsp3) is 0.947. The molecule has 0 aliphatic heterocycles. The maximum absolute atomic E-state index is 13.1. The third kappa shape index (κ3) is 4.00. The maximum Gasteiger partial charge on any atom is 0.426 e. The lowest BCUT2D eigenvalue weighted by Gasteiger charge is -2.42. The van der Waals surface area contributed by atoms with Crippen molar-refractivity contribution in [3.05, 3.63) is 0 Å². The van der Waals surface area contributed by atoms with Crippen LogP contribution in [0.1, 0.15) is 66.2 Å². The van der Waals surface area contributed by atoms with Crippen LogP contribution in [0.4, 0.5) is 26.3 Å². The summed E-state index contributed by atoms with van der Waals surface area (Å²) < 4.78 is 84.1. The lowest BCUT2D eigenvalue weighted by atomic mass is 9.74. The van der Waals surface area contributed by atoms with Crippen molar-refractivity contribution in [2.75, 3.05) is 0 Å². The number of ether oxygens (including phenoxy) is 1. The molecule has 4 atom stereocenters.